The maximum absolute atomic E-state index is 5.77. The normalized spacial score (nSPS) is 10.5. The lowest BCUT2D eigenvalue weighted by molar-refractivity contribution is 0.410. The summed E-state index contributed by atoms with van der Waals surface area (Å²) < 4.78 is 5.21. The van der Waals surface area contributed by atoms with E-state index in [1.54, 1.807) is 13.2 Å². The Morgan fingerprint density at radius 2 is 1.85 bits per heavy atom. The molecule has 0 spiro atoms. The minimum absolute atomic E-state index is 0.362. The molecule has 0 fully saturated rings. The first-order valence-corrected chi connectivity index (χ1v) is 4.29. The van der Waals surface area contributed by atoms with Gasteiger partial charge in [-0.15, -0.1) is 0 Å². The summed E-state index contributed by atoms with van der Waals surface area (Å²) in [6, 6.07) is 3.62. The Hall–Kier alpha value is -1.38. The molecule has 0 saturated carbocycles. The van der Waals surface area contributed by atoms with Crippen LogP contribution < -0.4 is 16.2 Å². The Balaban J connectivity index is 3.29. The third-order valence-corrected chi connectivity index (χ3v) is 1.99. The zero-order valence-corrected chi connectivity index (χ0v) is 8.29. The third-order valence-electron chi connectivity index (χ3n) is 1.99. The average molecular weight is 180 g/mol. The van der Waals surface area contributed by atoms with Crippen molar-refractivity contribution in [3.63, 3.8) is 0 Å². The molecule has 0 aliphatic carbocycles. The predicted octanol–water partition coefficient (Wildman–Crippen LogP) is 1.98. The Labute approximate surface area is 78.7 Å². The van der Waals surface area contributed by atoms with Crippen LogP contribution in [-0.4, -0.2) is 7.11 Å². The van der Waals surface area contributed by atoms with Gasteiger partial charge >= 0.3 is 0 Å². The van der Waals surface area contributed by atoms with Crippen LogP contribution in [0.25, 0.3) is 0 Å². The second kappa shape index (κ2) is 3.56. The fourth-order valence-electron chi connectivity index (χ4n) is 1.36. The quantitative estimate of drug-likeness (QED) is 0.684. The van der Waals surface area contributed by atoms with Gasteiger partial charge in [0, 0.05) is 11.3 Å². The molecule has 0 saturated heterocycles. The highest BCUT2D eigenvalue weighted by Gasteiger charge is 2.11. The second-order valence-electron chi connectivity index (χ2n) is 3.39. The van der Waals surface area contributed by atoms with E-state index in [2.05, 4.69) is 13.8 Å². The Bertz CT molecular complexity index is 308. The number of hydrogen-bond donors (Lipinski definition) is 2. The van der Waals surface area contributed by atoms with Crippen molar-refractivity contribution in [1.29, 1.82) is 0 Å². The molecule has 0 aliphatic heterocycles. The van der Waals surface area contributed by atoms with Gasteiger partial charge in [0.15, 0.2) is 0 Å². The molecule has 3 heteroatoms. The molecule has 0 bridgehead atoms. The zero-order valence-electron chi connectivity index (χ0n) is 8.29. The van der Waals surface area contributed by atoms with Crippen molar-refractivity contribution < 1.29 is 4.74 Å². The summed E-state index contributed by atoms with van der Waals surface area (Å²) >= 11 is 0. The number of hydrogen-bond acceptors (Lipinski definition) is 3. The van der Waals surface area contributed by atoms with Crippen molar-refractivity contribution in [3.8, 4) is 5.75 Å². The first kappa shape index (κ1) is 9.71. The number of ether oxygens (including phenoxy) is 1. The molecule has 0 aromatic heterocycles. The van der Waals surface area contributed by atoms with Gasteiger partial charge in [-0.05, 0) is 18.1 Å². The van der Waals surface area contributed by atoms with Gasteiger partial charge in [0.05, 0.1) is 12.8 Å². The molecule has 1 aromatic carbocycles. The highest BCUT2D eigenvalue weighted by Crippen LogP contribution is 2.33. The third kappa shape index (κ3) is 1.86. The number of anilines is 2. The molecule has 0 unspecified atom stereocenters. The molecule has 0 atom stereocenters. The van der Waals surface area contributed by atoms with E-state index in [1.165, 1.54) is 0 Å². The van der Waals surface area contributed by atoms with E-state index in [4.69, 9.17) is 16.2 Å². The Morgan fingerprint density at radius 1 is 1.23 bits per heavy atom. The lowest BCUT2D eigenvalue weighted by atomic mass is 10.0. The number of nitrogens with two attached hydrogens (primary N) is 2. The highest BCUT2D eigenvalue weighted by atomic mass is 16.5. The number of methoxy groups -OCH3 is 1. The van der Waals surface area contributed by atoms with Crippen LogP contribution in [0.2, 0.25) is 0 Å². The van der Waals surface area contributed by atoms with Crippen molar-refractivity contribution in [2.75, 3.05) is 18.6 Å². The molecular weight excluding hydrogens is 164 g/mol. The lowest BCUT2D eigenvalue weighted by Gasteiger charge is -2.14. The minimum Gasteiger partial charge on any atom is -0.494 e. The molecule has 0 aliphatic rings. The summed E-state index contributed by atoms with van der Waals surface area (Å²) in [5.41, 5.74) is 13.8. The maximum atomic E-state index is 5.77. The van der Waals surface area contributed by atoms with E-state index < -0.39 is 0 Å². The van der Waals surface area contributed by atoms with Crippen LogP contribution in [0.4, 0.5) is 11.4 Å². The maximum Gasteiger partial charge on any atom is 0.145 e. The van der Waals surface area contributed by atoms with E-state index in [0.717, 1.165) is 11.3 Å². The first-order valence-electron chi connectivity index (χ1n) is 4.29. The van der Waals surface area contributed by atoms with Gasteiger partial charge in [-0.1, -0.05) is 13.8 Å². The topological polar surface area (TPSA) is 61.3 Å². The lowest BCUT2D eigenvalue weighted by Crippen LogP contribution is -2.01. The van der Waals surface area contributed by atoms with Crippen molar-refractivity contribution in [2.24, 2.45) is 0 Å². The van der Waals surface area contributed by atoms with Crippen molar-refractivity contribution in [3.05, 3.63) is 17.7 Å². The smallest absolute Gasteiger partial charge is 0.145 e. The molecule has 0 amide bonds. The molecular formula is C10H16N2O. The molecule has 4 N–H and O–H groups in total. The van der Waals surface area contributed by atoms with E-state index in [-0.39, 0.29) is 0 Å². The van der Waals surface area contributed by atoms with Crippen LogP contribution >= 0.6 is 0 Å². The number of benzene rings is 1. The Kier molecular flexibility index (Phi) is 2.66. The number of rotatable bonds is 2. The van der Waals surface area contributed by atoms with E-state index in [1.807, 2.05) is 6.07 Å². The van der Waals surface area contributed by atoms with Gasteiger partial charge in [0.25, 0.3) is 0 Å². The summed E-state index contributed by atoms with van der Waals surface area (Å²) in [5, 5.41) is 0. The fourth-order valence-corrected chi connectivity index (χ4v) is 1.36. The Morgan fingerprint density at radius 3 is 2.31 bits per heavy atom. The first-order chi connectivity index (χ1) is 6.06. The van der Waals surface area contributed by atoms with Crippen molar-refractivity contribution in [1.82, 2.24) is 0 Å². The van der Waals surface area contributed by atoms with Crippen LogP contribution in [0.1, 0.15) is 25.3 Å². The van der Waals surface area contributed by atoms with Crippen molar-refractivity contribution in [2.45, 2.75) is 19.8 Å². The van der Waals surface area contributed by atoms with Gasteiger partial charge in [0.1, 0.15) is 5.75 Å². The average Bonchev–Trinajstić information content (AvgIpc) is 2.02. The summed E-state index contributed by atoms with van der Waals surface area (Å²) in [5.74, 6) is 1.10. The van der Waals surface area contributed by atoms with Gasteiger partial charge in [-0.3, -0.25) is 0 Å². The second-order valence-corrected chi connectivity index (χ2v) is 3.39. The fraction of sp³-hybridized carbons (Fsp3) is 0.400. The molecule has 0 radical (unpaired) electrons. The van der Waals surface area contributed by atoms with Crippen LogP contribution in [0.15, 0.2) is 12.1 Å². The zero-order chi connectivity index (χ0) is 10.0. The SMILES string of the molecule is COc1c(N)cc(N)cc1C(C)C. The molecule has 1 rings (SSSR count). The summed E-state index contributed by atoms with van der Waals surface area (Å²) in [6.07, 6.45) is 0. The van der Waals surface area contributed by atoms with Gasteiger partial charge in [0.2, 0.25) is 0 Å². The molecule has 72 valence electrons. The highest BCUT2D eigenvalue weighted by molar-refractivity contribution is 5.65. The number of nitrogen functional groups attached to an aromatic ring is 2. The largest absolute Gasteiger partial charge is 0.494 e. The minimum atomic E-state index is 0.362. The van der Waals surface area contributed by atoms with Gasteiger partial charge in [-0.2, -0.15) is 0 Å². The summed E-state index contributed by atoms with van der Waals surface area (Å²) in [6.45, 7) is 4.16. The summed E-state index contributed by atoms with van der Waals surface area (Å²) in [4.78, 5) is 0. The molecule has 3 nitrogen and oxygen atoms in total. The summed E-state index contributed by atoms with van der Waals surface area (Å²) in [7, 11) is 1.62. The monoisotopic (exact) mass is 180 g/mol. The van der Waals surface area contributed by atoms with Crippen LogP contribution in [0.3, 0.4) is 0 Å². The standard InChI is InChI=1S/C10H16N2O/c1-6(2)8-4-7(11)5-9(12)10(8)13-3/h4-6H,11-12H2,1-3H3. The van der Waals surface area contributed by atoms with Crippen LogP contribution in [0.5, 0.6) is 5.75 Å². The van der Waals surface area contributed by atoms with Crippen LogP contribution in [-0.2, 0) is 0 Å². The molecule has 13 heavy (non-hydrogen) atoms. The van der Waals surface area contributed by atoms with E-state index >= 15 is 0 Å². The predicted molar refractivity (Wildman–Crippen MR) is 55.9 cm³/mol. The van der Waals surface area contributed by atoms with E-state index in [9.17, 15) is 0 Å². The van der Waals surface area contributed by atoms with Gasteiger partial charge < -0.3 is 16.2 Å². The van der Waals surface area contributed by atoms with Gasteiger partial charge in [-0.25, -0.2) is 0 Å². The molecule has 1 aromatic rings. The van der Waals surface area contributed by atoms with Crippen molar-refractivity contribution >= 4 is 11.4 Å². The van der Waals surface area contributed by atoms with Crippen LogP contribution in [0, 0.1) is 0 Å². The van der Waals surface area contributed by atoms with E-state index in [0.29, 0.717) is 17.3 Å². The molecule has 0 heterocycles.